The Morgan fingerprint density at radius 2 is 1.73 bits per heavy atom. The fourth-order valence-corrected chi connectivity index (χ4v) is 6.02. The maximum Gasteiger partial charge on any atom is 0.335 e. The van der Waals surface area contributed by atoms with Crippen molar-refractivity contribution in [2.45, 2.75) is 0 Å². The van der Waals surface area contributed by atoms with E-state index in [0.717, 1.165) is 15.3 Å². The van der Waals surface area contributed by atoms with Gasteiger partial charge in [-0.15, -0.1) is 11.3 Å². The van der Waals surface area contributed by atoms with Crippen LogP contribution in [-0.4, -0.2) is 35.0 Å². The molecule has 0 fully saturated rings. The van der Waals surface area contributed by atoms with Crippen LogP contribution in [0.1, 0.15) is 31.1 Å². The maximum atomic E-state index is 13.3. The Kier molecular flexibility index (Phi) is 5.29. The van der Waals surface area contributed by atoms with Crippen LogP contribution < -0.4 is 9.64 Å². The number of benzene rings is 4. The third-order valence-electron chi connectivity index (χ3n) is 6.96. The topological polar surface area (TPSA) is 110 Å². The average molecular weight is 547 g/mol. The van der Waals surface area contributed by atoms with Gasteiger partial charge in [-0.2, -0.15) is 0 Å². The lowest BCUT2D eigenvalue weighted by atomic mass is 10.1. The Morgan fingerprint density at radius 3 is 2.55 bits per heavy atom. The number of thiophene rings is 1. The summed E-state index contributed by atoms with van der Waals surface area (Å²) >= 11 is 1.67. The number of hydrogen-bond donors (Lipinski definition) is 1. The number of aromatic nitrogens is 1. The van der Waals surface area contributed by atoms with Crippen LogP contribution in [0.15, 0.2) is 88.7 Å². The van der Waals surface area contributed by atoms with Gasteiger partial charge < -0.3 is 14.3 Å². The van der Waals surface area contributed by atoms with Gasteiger partial charge in [0.2, 0.25) is 5.89 Å². The molecule has 2 amide bonds. The molecule has 0 aliphatic carbocycles. The van der Waals surface area contributed by atoms with E-state index in [2.05, 4.69) is 17.5 Å². The molecule has 0 saturated carbocycles. The summed E-state index contributed by atoms with van der Waals surface area (Å²) in [5.74, 6) is -1.79. The molecule has 9 heteroatoms. The molecule has 0 unspecified atom stereocenters. The number of hydrogen-bond acceptors (Lipinski definition) is 7. The summed E-state index contributed by atoms with van der Waals surface area (Å²) in [5, 5.41) is 13.8. The number of imide groups is 1. The largest absolute Gasteiger partial charge is 0.495 e. The van der Waals surface area contributed by atoms with E-state index in [1.165, 1.54) is 36.1 Å². The van der Waals surface area contributed by atoms with E-state index in [1.807, 2.05) is 30.3 Å². The molecule has 8 nitrogen and oxygen atoms in total. The zero-order valence-corrected chi connectivity index (χ0v) is 21.7. The Bertz CT molecular complexity index is 2040. The number of anilines is 1. The average Bonchev–Trinajstić information content (AvgIpc) is 3.66. The first-order chi connectivity index (χ1) is 19.4. The first-order valence-electron chi connectivity index (χ1n) is 12.2. The van der Waals surface area contributed by atoms with E-state index < -0.39 is 17.8 Å². The normalized spacial score (nSPS) is 12.9. The number of aromatic carboxylic acids is 1. The Hall–Kier alpha value is -5.28. The van der Waals surface area contributed by atoms with Gasteiger partial charge in [-0.3, -0.25) is 9.59 Å². The zero-order chi connectivity index (χ0) is 27.5. The van der Waals surface area contributed by atoms with Crippen LogP contribution in [0, 0.1) is 0 Å². The lowest BCUT2D eigenvalue weighted by molar-refractivity contribution is 0.0696. The van der Waals surface area contributed by atoms with Crippen LogP contribution in [0.4, 0.5) is 5.69 Å². The highest BCUT2D eigenvalue weighted by Crippen LogP contribution is 2.40. The van der Waals surface area contributed by atoms with Crippen molar-refractivity contribution < 1.29 is 28.6 Å². The maximum absolute atomic E-state index is 13.3. The van der Waals surface area contributed by atoms with E-state index in [9.17, 15) is 19.5 Å². The Labute approximate surface area is 230 Å². The molecule has 0 spiro atoms. The molecule has 7 rings (SSSR count). The van der Waals surface area contributed by atoms with E-state index in [1.54, 1.807) is 29.5 Å². The van der Waals surface area contributed by atoms with Crippen molar-refractivity contribution in [3.8, 4) is 27.6 Å². The first-order valence-corrected chi connectivity index (χ1v) is 13.1. The molecule has 0 saturated heterocycles. The molecule has 0 bridgehead atoms. The van der Waals surface area contributed by atoms with E-state index in [-0.39, 0.29) is 22.4 Å². The van der Waals surface area contributed by atoms with Gasteiger partial charge in [0, 0.05) is 15.8 Å². The van der Waals surface area contributed by atoms with Crippen LogP contribution in [0.5, 0.6) is 5.75 Å². The molecule has 194 valence electrons. The number of carboxylic acids is 1. The fourth-order valence-electron chi connectivity index (χ4n) is 5.00. The molecule has 1 aliphatic rings. The minimum atomic E-state index is -1.19. The number of carbonyl (C=O) groups excluding carboxylic acids is 2. The second-order valence-electron chi connectivity index (χ2n) is 9.25. The molecule has 1 N–H and O–H groups in total. The van der Waals surface area contributed by atoms with Gasteiger partial charge in [-0.25, -0.2) is 14.7 Å². The molecule has 2 aromatic heterocycles. The lowest BCUT2D eigenvalue weighted by Crippen LogP contribution is -2.29. The molecule has 0 radical (unpaired) electrons. The summed E-state index contributed by atoms with van der Waals surface area (Å²) < 4.78 is 11.5. The van der Waals surface area contributed by atoms with Crippen molar-refractivity contribution in [2.75, 3.05) is 12.0 Å². The number of amides is 2. The van der Waals surface area contributed by atoms with Crippen molar-refractivity contribution in [1.82, 2.24) is 4.98 Å². The number of ether oxygens (including phenoxy) is 1. The van der Waals surface area contributed by atoms with Crippen molar-refractivity contribution in [3.05, 3.63) is 101 Å². The van der Waals surface area contributed by atoms with Gasteiger partial charge in [-0.05, 0) is 70.9 Å². The van der Waals surface area contributed by atoms with Crippen LogP contribution in [0.25, 0.3) is 43.8 Å². The van der Waals surface area contributed by atoms with Gasteiger partial charge in [0.25, 0.3) is 11.8 Å². The van der Waals surface area contributed by atoms with Crippen molar-refractivity contribution >= 4 is 56.7 Å². The second-order valence-corrected chi connectivity index (χ2v) is 10.1. The smallest absolute Gasteiger partial charge is 0.335 e. The summed E-state index contributed by atoms with van der Waals surface area (Å²) in [6, 6.07) is 22.9. The molecular formula is C31H18N2O6S. The molecule has 0 atom stereocenters. The van der Waals surface area contributed by atoms with E-state index in [0.29, 0.717) is 28.3 Å². The predicted octanol–water partition coefficient (Wildman–Crippen LogP) is 6.88. The Morgan fingerprint density at radius 1 is 0.925 bits per heavy atom. The number of methoxy groups -OCH3 is 1. The molecule has 3 heterocycles. The van der Waals surface area contributed by atoms with Crippen LogP contribution in [-0.2, 0) is 0 Å². The standard InChI is InChI=1S/C31H18N2O6S/c1-38-26-11-8-17(14-24(26)33-29(34)21-9-6-18(31(36)37)12-22(21)30(33)35)28-32-23-13-16(7-10-25(23)39-28)27-20-5-3-2-4-19(20)15-40-27/h2-15H,1H3,(H,36,37). The number of oxazole rings is 1. The fraction of sp³-hybridized carbons (Fsp3) is 0.0323. The van der Waals surface area contributed by atoms with Crippen LogP contribution >= 0.6 is 11.3 Å². The summed E-state index contributed by atoms with van der Waals surface area (Å²) in [6.07, 6.45) is 0. The minimum Gasteiger partial charge on any atom is -0.495 e. The van der Waals surface area contributed by atoms with Gasteiger partial charge in [-0.1, -0.05) is 24.3 Å². The van der Waals surface area contributed by atoms with Gasteiger partial charge in [0.1, 0.15) is 11.3 Å². The van der Waals surface area contributed by atoms with Crippen molar-refractivity contribution in [1.29, 1.82) is 0 Å². The summed E-state index contributed by atoms with van der Waals surface area (Å²) in [5.41, 5.74) is 3.10. The van der Waals surface area contributed by atoms with Gasteiger partial charge in [0.15, 0.2) is 5.58 Å². The third-order valence-corrected chi connectivity index (χ3v) is 8.02. The van der Waals surface area contributed by atoms with Crippen LogP contribution in [0.3, 0.4) is 0 Å². The molecule has 4 aromatic carbocycles. The summed E-state index contributed by atoms with van der Waals surface area (Å²) in [7, 11) is 1.44. The molecule has 6 aromatic rings. The third kappa shape index (κ3) is 3.59. The number of nitrogens with zero attached hydrogens (tertiary/aromatic N) is 2. The molecule has 40 heavy (non-hydrogen) atoms. The monoisotopic (exact) mass is 546 g/mol. The van der Waals surface area contributed by atoms with Gasteiger partial charge >= 0.3 is 5.97 Å². The highest BCUT2D eigenvalue weighted by molar-refractivity contribution is 7.15. The van der Waals surface area contributed by atoms with Crippen molar-refractivity contribution in [2.24, 2.45) is 0 Å². The quantitative estimate of drug-likeness (QED) is 0.235. The predicted molar refractivity (Wildman–Crippen MR) is 151 cm³/mol. The molecule has 1 aliphatic heterocycles. The number of carboxylic acid groups (broad SMARTS) is 1. The zero-order valence-electron chi connectivity index (χ0n) is 20.9. The first kappa shape index (κ1) is 23.8. The van der Waals surface area contributed by atoms with E-state index >= 15 is 0 Å². The van der Waals surface area contributed by atoms with E-state index in [4.69, 9.17) is 14.1 Å². The molecular weight excluding hydrogens is 528 g/mol. The summed E-state index contributed by atoms with van der Waals surface area (Å²) in [6.45, 7) is 0. The minimum absolute atomic E-state index is 0.0212. The highest BCUT2D eigenvalue weighted by atomic mass is 32.1. The Balaban J connectivity index is 1.29. The second kappa shape index (κ2) is 8.89. The SMILES string of the molecule is COc1ccc(-c2nc3cc(-c4scc5ccccc45)ccc3o2)cc1N1C(=O)c2ccc(C(=O)O)cc2C1=O. The number of rotatable bonds is 5. The van der Waals surface area contributed by atoms with Crippen molar-refractivity contribution in [3.63, 3.8) is 0 Å². The van der Waals surface area contributed by atoms with Crippen LogP contribution in [0.2, 0.25) is 0 Å². The van der Waals surface area contributed by atoms with Gasteiger partial charge in [0.05, 0.1) is 29.5 Å². The summed E-state index contributed by atoms with van der Waals surface area (Å²) in [4.78, 5) is 44.8. The lowest BCUT2D eigenvalue weighted by Gasteiger charge is -2.18. The number of carbonyl (C=O) groups is 3. The number of fused-ring (bicyclic) bond motifs is 3. The highest BCUT2D eigenvalue weighted by Gasteiger charge is 2.39.